The van der Waals surface area contributed by atoms with Crippen LogP contribution in [0.1, 0.15) is 27.0 Å². The number of hydrogen-bond acceptors (Lipinski definition) is 6. The molecule has 6 nitrogen and oxygen atoms in total. The zero-order chi connectivity index (χ0) is 23.0. The molecule has 3 heterocycles. The molecule has 1 aromatic carbocycles. The summed E-state index contributed by atoms with van der Waals surface area (Å²) >= 11 is 7.39. The van der Waals surface area contributed by atoms with Gasteiger partial charge in [-0.15, -0.1) is 11.3 Å². The Hall–Kier alpha value is -2.69. The number of carbonyl (C=O) groups is 1. The zero-order valence-corrected chi connectivity index (χ0v) is 18.8. The third-order valence-electron chi connectivity index (χ3n) is 5.00. The first kappa shape index (κ1) is 22.5. The lowest BCUT2D eigenvalue weighted by Crippen LogP contribution is -2.23. The molecule has 0 aliphatic carbocycles. The highest BCUT2D eigenvalue weighted by molar-refractivity contribution is 7.13. The van der Waals surface area contributed by atoms with Crippen molar-refractivity contribution in [2.45, 2.75) is 19.1 Å². The summed E-state index contributed by atoms with van der Waals surface area (Å²) in [6.07, 6.45) is -3.09. The molecule has 4 rings (SSSR count). The summed E-state index contributed by atoms with van der Waals surface area (Å²) in [5, 5.41) is 8.15. The monoisotopic (exact) mass is 481 g/mol. The average molecular weight is 482 g/mol. The van der Waals surface area contributed by atoms with E-state index in [4.69, 9.17) is 11.6 Å². The van der Waals surface area contributed by atoms with Crippen molar-refractivity contribution in [3.8, 4) is 10.6 Å². The van der Waals surface area contributed by atoms with E-state index in [1.165, 1.54) is 16.3 Å². The maximum absolute atomic E-state index is 13.6. The molecule has 0 saturated carbocycles. The Morgan fingerprint density at radius 3 is 2.75 bits per heavy atom. The van der Waals surface area contributed by atoms with Gasteiger partial charge in [-0.3, -0.25) is 4.79 Å². The Bertz CT molecular complexity index is 1180. The fourth-order valence-corrected chi connectivity index (χ4v) is 4.51. The molecule has 3 aromatic rings. The number of aromatic nitrogens is 2. The van der Waals surface area contributed by atoms with Crippen LogP contribution in [0.2, 0.25) is 5.02 Å². The van der Waals surface area contributed by atoms with Crippen LogP contribution in [0.25, 0.3) is 10.6 Å². The predicted molar refractivity (Wildman–Crippen MR) is 119 cm³/mol. The van der Waals surface area contributed by atoms with Crippen molar-refractivity contribution in [3.63, 3.8) is 0 Å². The SMILES string of the molecule is CN(C)C(=O)c1csc(-c2nc(Nc3cc4c(cc3Cl)CNCC4)ncc2C(F)(F)F)c1. The van der Waals surface area contributed by atoms with Crippen LogP contribution in [-0.4, -0.2) is 41.4 Å². The van der Waals surface area contributed by atoms with Crippen molar-refractivity contribution in [1.29, 1.82) is 0 Å². The molecule has 2 N–H and O–H groups in total. The average Bonchev–Trinajstić information content (AvgIpc) is 3.23. The van der Waals surface area contributed by atoms with E-state index < -0.39 is 11.7 Å². The molecule has 168 valence electrons. The summed E-state index contributed by atoms with van der Waals surface area (Å²) in [4.78, 5) is 21.8. The number of amides is 1. The van der Waals surface area contributed by atoms with Gasteiger partial charge in [0.05, 0.1) is 26.8 Å². The van der Waals surface area contributed by atoms with Gasteiger partial charge >= 0.3 is 6.18 Å². The molecule has 11 heteroatoms. The van der Waals surface area contributed by atoms with Crippen molar-refractivity contribution < 1.29 is 18.0 Å². The second-order valence-corrected chi connectivity index (χ2v) is 8.82. The maximum Gasteiger partial charge on any atom is 0.420 e. The third-order valence-corrected chi connectivity index (χ3v) is 6.25. The van der Waals surface area contributed by atoms with Crippen LogP contribution in [0.4, 0.5) is 24.8 Å². The van der Waals surface area contributed by atoms with Crippen molar-refractivity contribution >= 4 is 40.5 Å². The van der Waals surface area contributed by atoms with Gasteiger partial charge in [0.1, 0.15) is 5.56 Å². The van der Waals surface area contributed by atoms with Gasteiger partial charge in [-0.1, -0.05) is 11.6 Å². The van der Waals surface area contributed by atoms with Gasteiger partial charge in [0.15, 0.2) is 0 Å². The van der Waals surface area contributed by atoms with E-state index in [2.05, 4.69) is 20.6 Å². The molecule has 1 aliphatic rings. The number of anilines is 2. The molecule has 0 spiro atoms. The minimum atomic E-state index is -4.65. The van der Waals surface area contributed by atoms with Crippen molar-refractivity contribution in [1.82, 2.24) is 20.2 Å². The topological polar surface area (TPSA) is 70.2 Å². The zero-order valence-electron chi connectivity index (χ0n) is 17.2. The Morgan fingerprint density at radius 2 is 2.03 bits per heavy atom. The molecule has 32 heavy (non-hydrogen) atoms. The van der Waals surface area contributed by atoms with Gasteiger partial charge in [-0.25, -0.2) is 9.97 Å². The van der Waals surface area contributed by atoms with Gasteiger partial charge in [0, 0.05) is 32.2 Å². The number of thiophene rings is 1. The highest BCUT2D eigenvalue weighted by Gasteiger charge is 2.36. The van der Waals surface area contributed by atoms with Gasteiger partial charge in [-0.2, -0.15) is 13.2 Å². The number of carbonyl (C=O) groups excluding carboxylic acids is 1. The molecule has 2 aromatic heterocycles. The molecule has 0 unspecified atom stereocenters. The number of nitrogens with zero attached hydrogens (tertiary/aromatic N) is 3. The quantitative estimate of drug-likeness (QED) is 0.550. The number of hydrogen-bond donors (Lipinski definition) is 2. The molecular formula is C21H19ClF3N5OS. The van der Waals surface area contributed by atoms with Crippen LogP contribution < -0.4 is 10.6 Å². The molecular weight excluding hydrogens is 463 g/mol. The molecule has 0 saturated heterocycles. The number of fused-ring (bicyclic) bond motifs is 1. The van der Waals surface area contributed by atoms with Gasteiger partial charge < -0.3 is 15.5 Å². The van der Waals surface area contributed by atoms with Crippen LogP contribution in [0.15, 0.2) is 29.8 Å². The minimum absolute atomic E-state index is 0.0160. The lowest BCUT2D eigenvalue weighted by atomic mass is 10.0. The van der Waals surface area contributed by atoms with E-state index >= 15 is 0 Å². The van der Waals surface area contributed by atoms with Crippen molar-refractivity contribution in [3.05, 3.63) is 57.1 Å². The molecule has 0 radical (unpaired) electrons. The summed E-state index contributed by atoms with van der Waals surface area (Å²) < 4.78 is 40.9. The summed E-state index contributed by atoms with van der Waals surface area (Å²) in [6, 6.07) is 5.11. The second-order valence-electron chi connectivity index (χ2n) is 7.51. The summed E-state index contributed by atoms with van der Waals surface area (Å²) in [7, 11) is 3.15. The fraction of sp³-hybridized carbons (Fsp3) is 0.286. The first-order valence-electron chi connectivity index (χ1n) is 9.67. The number of halogens is 4. The lowest BCUT2D eigenvalue weighted by molar-refractivity contribution is -0.137. The third kappa shape index (κ3) is 4.57. The second kappa shape index (κ2) is 8.68. The van der Waals surface area contributed by atoms with E-state index in [1.54, 1.807) is 14.1 Å². The van der Waals surface area contributed by atoms with Gasteiger partial charge in [0.2, 0.25) is 5.95 Å². The van der Waals surface area contributed by atoms with Gasteiger partial charge in [0.25, 0.3) is 5.91 Å². The Balaban J connectivity index is 1.72. The smallest absolute Gasteiger partial charge is 0.345 e. The van der Waals surface area contributed by atoms with Crippen molar-refractivity contribution in [2.24, 2.45) is 0 Å². The minimum Gasteiger partial charge on any atom is -0.345 e. The Morgan fingerprint density at radius 1 is 1.25 bits per heavy atom. The number of nitrogens with one attached hydrogen (secondary N) is 2. The van der Waals surface area contributed by atoms with Crippen LogP contribution in [0.5, 0.6) is 0 Å². The predicted octanol–water partition coefficient (Wildman–Crippen LogP) is 4.97. The molecule has 0 atom stereocenters. The van der Waals surface area contributed by atoms with E-state index in [0.29, 0.717) is 22.8 Å². The summed E-state index contributed by atoms with van der Waals surface area (Å²) in [5.41, 5.74) is 1.73. The molecule has 0 fully saturated rings. The summed E-state index contributed by atoms with van der Waals surface area (Å²) in [5.74, 6) is -0.318. The fourth-order valence-electron chi connectivity index (χ4n) is 3.39. The Labute approximate surface area is 191 Å². The Kier molecular flexibility index (Phi) is 6.11. The molecule has 0 bridgehead atoms. The lowest BCUT2D eigenvalue weighted by Gasteiger charge is -2.19. The maximum atomic E-state index is 13.6. The van der Waals surface area contributed by atoms with Crippen molar-refractivity contribution in [2.75, 3.05) is 26.0 Å². The van der Waals surface area contributed by atoms with Crippen LogP contribution in [0, 0.1) is 0 Å². The van der Waals surface area contributed by atoms with E-state index in [1.807, 2.05) is 12.1 Å². The van der Waals surface area contributed by atoms with Crippen LogP contribution in [-0.2, 0) is 19.1 Å². The first-order chi connectivity index (χ1) is 15.1. The van der Waals surface area contributed by atoms with Crippen LogP contribution >= 0.6 is 22.9 Å². The highest BCUT2D eigenvalue weighted by atomic mass is 35.5. The standard InChI is InChI=1S/C21H19ClF3N5OS/c1-30(2)19(31)13-7-17(32-10-13)18-14(21(23,24)25)9-27-20(29-18)28-16-6-11-3-4-26-8-12(11)5-15(16)22/h5-7,9-10,26H,3-4,8H2,1-2H3,(H,27,28,29). The van der Waals surface area contributed by atoms with Crippen LogP contribution in [0.3, 0.4) is 0 Å². The number of benzene rings is 1. The molecule has 1 amide bonds. The highest BCUT2D eigenvalue weighted by Crippen LogP contribution is 2.39. The normalized spacial score (nSPS) is 13.6. The number of rotatable bonds is 4. The summed E-state index contributed by atoms with van der Waals surface area (Å²) in [6.45, 7) is 1.55. The van der Waals surface area contributed by atoms with Gasteiger partial charge in [-0.05, 0) is 42.3 Å². The first-order valence-corrected chi connectivity index (χ1v) is 10.9. The number of alkyl halides is 3. The van der Waals surface area contributed by atoms with E-state index in [9.17, 15) is 18.0 Å². The largest absolute Gasteiger partial charge is 0.420 e. The molecule has 1 aliphatic heterocycles. The van der Waals surface area contributed by atoms with E-state index in [0.717, 1.165) is 41.6 Å². The van der Waals surface area contributed by atoms with E-state index in [-0.39, 0.29) is 22.4 Å².